The van der Waals surface area contributed by atoms with Gasteiger partial charge >= 0.3 is 5.97 Å². The summed E-state index contributed by atoms with van der Waals surface area (Å²) in [7, 11) is 0. The average Bonchev–Trinajstić information content (AvgIpc) is 2.96. The minimum absolute atomic E-state index is 0.0307. The molecule has 0 aliphatic heterocycles. The van der Waals surface area contributed by atoms with Gasteiger partial charge in [0.05, 0.1) is 6.61 Å². The van der Waals surface area contributed by atoms with Crippen molar-refractivity contribution < 1.29 is 9.53 Å². The molecule has 232 valence electrons. The van der Waals surface area contributed by atoms with Gasteiger partial charge in [-0.05, 0) is 51.4 Å². The van der Waals surface area contributed by atoms with Crippen molar-refractivity contribution in [2.75, 3.05) is 6.61 Å². The van der Waals surface area contributed by atoms with Crippen molar-refractivity contribution in [2.24, 2.45) is 0 Å². The van der Waals surface area contributed by atoms with Gasteiger partial charge in [0.2, 0.25) is 0 Å². The van der Waals surface area contributed by atoms with Crippen LogP contribution in [0, 0.1) is 0 Å². The number of ether oxygens (including phenoxy) is 1. The van der Waals surface area contributed by atoms with E-state index in [0.29, 0.717) is 13.0 Å². The summed E-state index contributed by atoms with van der Waals surface area (Å²) >= 11 is 0. The highest BCUT2D eigenvalue weighted by molar-refractivity contribution is 5.69. The molecule has 2 nitrogen and oxygen atoms in total. The van der Waals surface area contributed by atoms with Crippen molar-refractivity contribution in [3.63, 3.8) is 0 Å². The zero-order valence-corrected chi connectivity index (χ0v) is 27.0. The van der Waals surface area contributed by atoms with E-state index in [1.54, 1.807) is 0 Å². The lowest BCUT2D eigenvalue weighted by molar-refractivity contribution is -0.143. The Morgan fingerprint density at radius 2 is 0.775 bits per heavy atom. The lowest BCUT2D eigenvalue weighted by Gasteiger charge is -2.05. The monoisotopic (exact) mass is 557 g/mol. The van der Waals surface area contributed by atoms with E-state index in [1.807, 2.05) is 0 Å². The van der Waals surface area contributed by atoms with Gasteiger partial charge in [-0.15, -0.1) is 0 Å². The van der Waals surface area contributed by atoms with E-state index in [0.717, 1.165) is 38.5 Å². The molecule has 0 rings (SSSR count). The summed E-state index contributed by atoms with van der Waals surface area (Å²) in [6.07, 6.45) is 50.3. The van der Waals surface area contributed by atoms with Gasteiger partial charge in [0.1, 0.15) is 0 Å². The van der Waals surface area contributed by atoms with Crippen LogP contribution in [-0.2, 0) is 9.53 Å². The molecule has 0 heterocycles. The van der Waals surface area contributed by atoms with Crippen molar-refractivity contribution >= 4 is 5.97 Å². The van der Waals surface area contributed by atoms with E-state index in [2.05, 4.69) is 62.5 Å². The lowest BCUT2D eigenvalue weighted by Crippen LogP contribution is -2.05. The molecule has 0 bridgehead atoms. The summed E-state index contributed by atoms with van der Waals surface area (Å²) in [4.78, 5) is 11.9. The number of carbonyl (C=O) groups excluding carboxylic acids is 1. The Labute approximate surface area is 251 Å². The molecule has 0 spiro atoms. The SMILES string of the molecule is CCCCCC=CCC=CCC=CCC=CCCCC(=O)OCCCCCCCCCCCCCCCCCC. The molecular formula is C38H68O2. The zero-order valence-electron chi connectivity index (χ0n) is 27.0. The molecule has 0 radical (unpaired) electrons. The second-order valence-electron chi connectivity index (χ2n) is 11.5. The molecule has 0 fully saturated rings. The Morgan fingerprint density at radius 1 is 0.425 bits per heavy atom. The Balaban J connectivity index is 3.33. The first-order valence-electron chi connectivity index (χ1n) is 17.6. The Kier molecular flexibility index (Phi) is 34.1. The van der Waals surface area contributed by atoms with Crippen LogP contribution < -0.4 is 0 Å². The third-order valence-corrected chi connectivity index (χ3v) is 7.47. The van der Waals surface area contributed by atoms with E-state index in [-0.39, 0.29) is 5.97 Å². The molecule has 0 saturated carbocycles. The molecule has 0 amide bonds. The molecule has 0 aromatic carbocycles. The van der Waals surface area contributed by atoms with Crippen molar-refractivity contribution in [2.45, 2.75) is 181 Å². The van der Waals surface area contributed by atoms with Crippen LogP contribution in [0.4, 0.5) is 0 Å². The number of unbranched alkanes of at least 4 members (excludes halogenated alkanes) is 19. The maximum absolute atomic E-state index is 11.9. The maximum atomic E-state index is 11.9. The van der Waals surface area contributed by atoms with E-state index in [9.17, 15) is 4.79 Å². The molecule has 0 aliphatic rings. The second kappa shape index (κ2) is 35.5. The maximum Gasteiger partial charge on any atom is 0.305 e. The highest BCUT2D eigenvalue weighted by Gasteiger charge is 2.01. The quantitative estimate of drug-likeness (QED) is 0.0482. The molecule has 0 N–H and O–H groups in total. The first kappa shape index (κ1) is 38.4. The number of carbonyl (C=O) groups is 1. The van der Waals surface area contributed by atoms with Gasteiger partial charge in [-0.25, -0.2) is 0 Å². The normalized spacial score (nSPS) is 12.2. The van der Waals surface area contributed by atoms with Gasteiger partial charge in [-0.1, -0.05) is 172 Å². The molecule has 0 unspecified atom stereocenters. The molecule has 40 heavy (non-hydrogen) atoms. The summed E-state index contributed by atoms with van der Waals surface area (Å²) in [5.74, 6) is -0.0307. The van der Waals surface area contributed by atoms with E-state index in [4.69, 9.17) is 4.74 Å². The smallest absolute Gasteiger partial charge is 0.305 e. The van der Waals surface area contributed by atoms with Crippen LogP contribution in [0.3, 0.4) is 0 Å². The first-order valence-corrected chi connectivity index (χ1v) is 17.6. The topological polar surface area (TPSA) is 26.3 Å². The van der Waals surface area contributed by atoms with E-state index in [1.165, 1.54) is 122 Å². The van der Waals surface area contributed by atoms with Gasteiger partial charge in [0.15, 0.2) is 0 Å². The Morgan fingerprint density at radius 3 is 1.23 bits per heavy atom. The molecule has 2 heteroatoms. The standard InChI is InChI=1S/C38H68O2/c1-3-5-7-9-11-13-15-17-19-21-22-24-26-28-30-32-34-36-38(39)40-37-35-33-31-29-27-25-23-20-18-16-14-12-10-8-6-4-2/h11,13,17,19,22,24,28,30H,3-10,12,14-16,18,20-21,23,25-27,29,31-37H2,1-2H3. The Hall–Kier alpha value is -1.57. The van der Waals surface area contributed by atoms with E-state index >= 15 is 0 Å². The second-order valence-corrected chi connectivity index (χ2v) is 11.5. The highest BCUT2D eigenvalue weighted by Crippen LogP contribution is 2.14. The molecular weight excluding hydrogens is 488 g/mol. The average molecular weight is 557 g/mol. The fourth-order valence-corrected chi connectivity index (χ4v) is 4.83. The van der Waals surface area contributed by atoms with Crippen LogP contribution in [0.1, 0.15) is 181 Å². The van der Waals surface area contributed by atoms with Crippen LogP contribution in [-0.4, -0.2) is 12.6 Å². The number of rotatable bonds is 31. The van der Waals surface area contributed by atoms with Crippen LogP contribution in [0.2, 0.25) is 0 Å². The third kappa shape index (κ3) is 34.5. The lowest BCUT2D eigenvalue weighted by atomic mass is 10.0. The predicted molar refractivity (Wildman–Crippen MR) is 179 cm³/mol. The molecule has 0 aliphatic carbocycles. The van der Waals surface area contributed by atoms with Gasteiger partial charge in [-0.2, -0.15) is 0 Å². The number of hydrogen-bond acceptors (Lipinski definition) is 2. The van der Waals surface area contributed by atoms with Crippen molar-refractivity contribution in [3.05, 3.63) is 48.6 Å². The fraction of sp³-hybridized carbons (Fsp3) is 0.763. The van der Waals surface area contributed by atoms with Gasteiger partial charge in [0.25, 0.3) is 0 Å². The van der Waals surface area contributed by atoms with Gasteiger partial charge in [-0.3, -0.25) is 4.79 Å². The molecule has 0 aromatic heterocycles. The summed E-state index contributed by atoms with van der Waals surface area (Å²) in [6.45, 7) is 5.13. The minimum Gasteiger partial charge on any atom is -0.466 e. The molecule has 0 aromatic rings. The Bertz CT molecular complexity index is 613. The zero-order chi connectivity index (χ0) is 29.0. The predicted octanol–water partition coefficient (Wildman–Crippen LogP) is 12.9. The third-order valence-electron chi connectivity index (χ3n) is 7.47. The highest BCUT2D eigenvalue weighted by atomic mass is 16.5. The van der Waals surface area contributed by atoms with Gasteiger partial charge in [0, 0.05) is 6.42 Å². The van der Waals surface area contributed by atoms with Crippen LogP contribution >= 0.6 is 0 Å². The fourth-order valence-electron chi connectivity index (χ4n) is 4.83. The first-order chi connectivity index (χ1) is 19.8. The van der Waals surface area contributed by atoms with Crippen LogP contribution in [0.25, 0.3) is 0 Å². The van der Waals surface area contributed by atoms with Crippen molar-refractivity contribution in [3.8, 4) is 0 Å². The largest absolute Gasteiger partial charge is 0.466 e. The summed E-state index contributed by atoms with van der Waals surface area (Å²) in [5, 5.41) is 0. The molecule has 0 atom stereocenters. The van der Waals surface area contributed by atoms with E-state index < -0.39 is 0 Å². The van der Waals surface area contributed by atoms with Crippen LogP contribution in [0.5, 0.6) is 0 Å². The number of hydrogen-bond donors (Lipinski definition) is 0. The van der Waals surface area contributed by atoms with Crippen molar-refractivity contribution in [1.29, 1.82) is 0 Å². The number of allylic oxidation sites excluding steroid dienone is 8. The minimum atomic E-state index is -0.0307. The molecule has 0 saturated heterocycles. The van der Waals surface area contributed by atoms with Crippen LogP contribution in [0.15, 0.2) is 48.6 Å². The summed E-state index contributed by atoms with van der Waals surface area (Å²) in [6, 6.07) is 0. The summed E-state index contributed by atoms with van der Waals surface area (Å²) < 4.78 is 5.41. The van der Waals surface area contributed by atoms with Gasteiger partial charge < -0.3 is 4.74 Å². The number of esters is 1. The van der Waals surface area contributed by atoms with Crippen molar-refractivity contribution in [1.82, 2.24) is 0 Å². The summed E-state index contributed by atoms with van der Waals surface area (Å²) in [5.41, 5.74) is 0.